The van der Waals surface area contributed by atoms with Crippen molar-refractivity contribution in [3.05, 3.63) is 58.5 Å². The van der Waals surface area contributed by atoms with Gasteiger partial charge >= 0.3 is 0 Å². The molecule has 0 bridgehead atoms. The monoisotopic (exact) mass is 282 g/mol. The van der Waals surface area contributed by atoms with Crippen LogP contribution in [-0.4, -0.2) is 12.7 Å². The first-order valence-electron chi connectivity index (χ1n) is 6.12. The van der Waals surface area contributed by atoms with E-state index in [1.807, 2.05) is 0 Å². The average molecular weight is 282 g/mol. The molecular weight excluding hydrogens is 272 g/mol. The lowest BCUT2D eigenvalue weighted by atomic mass is 10.2. The third-order valence-electron chi connectivity index (χ3n) is 2.90. The van der Waals surface area contributed by atoms with Gasteiger partial charge < -0.3 is 14.8 Å². The number of amides is 1. The Morgan fingerprint density at radius 2 is 2.05 bits per heavy atom. The van der Waals surface area contributed by atoms with Crippen LogP contribution in [0.4, 0.5) is 11.4 Å². The van der Waals surface area contributed by atoms with Crippen molar-refractivity contribution in [2.24, 2.45) is 5.11 Å². The fourth-order valence-corrected chi connectivity index (χ4v) is 1.94. The molecule has 0 saturated carbocycles. The van der Waals surface area contributed by atoms with Crippen molar-refractivity contribution in [3.8, 4) is 11.5 Å². The van der Waals surface area contributed by atoms with Crippen LogP contribution in [0.15, 0.2) is 47.6 Å². The van der Waals surface area contributed by atoms with Gasteiger partial charge in [0.1, 0.15) is 0 Å². The molecule has 1 aliphatic rings. The number of fused-ring (bicyclic) bond motifs is 1. The molecule has 0 spiro atoms. The second kappa shape index (κ2) is 5.44. The number of benzene rings is 2. The van der Waals surface area contributed by atoms with E-state index in [0.717, 1.165) is 0 Å². The van der Waals surface area contributed by atoms with Crippen molar-refractivity contribution in [2.75, 3.05) is 12.1 Å². The molecule has 1 aliphatic heterocycles. The highest BCUT2D eigenvalue weighted by Crippen LogP contribution is 2.34. The van der Waals surface area contributed by atoms with Gasteiger partial charge in [-0.25, -0.2) is 0 Å². The predicted octanol–water partition coefficient (Wildman–Crippen LogP) is 3.61. The third kappa shape index (κ3) is 2.72. The molecule has 1 amide bonds. The first-order chi connectivity index (χ1) is 10.3. The van der Waals surface area contributed by atoms with Crippen molar-refractivity contribution in [2.45, 2.75) is 0 Å². The van der Waals surface area contributed by atoms with Crippen LogP contribution < -0.4 is 14.8 Å². The Balaban J connectivity index is 1.80. The van der Waals surface area contributed by atoms with Gasteiger partial charge in [-0.05, 0) is 29.8 Å². The van der Waals surface area contributed by atoms with E-state index in [-0.39, 0.29) is 12.7 Å². The molecule has 0 fully saturated rings. The summed E-state index contributed by atoms with van der Waals surface area (Å²) in [5.41, 5.74) is 9.79. The maximum atomic E-state index is 12.2. The lowest BCUT2D eigenvalue weighted by Crippen LogP contribution is -2.11. The second-order valence-electron chi connectivity index (χ2n) is 4.26. The summed E-state index contributed by atoms with van der Waals surface area (Å²) in [5, 5.41) is 6.22. The molecule has 104 valence electrons. The minimum atomic E-state index is -0.302. The van der Waals surface area contributed by atoms with Crippen LogP contribution in [-0.2, 0) is 0 Å². The standard InChI is InChI=1S/C14H10N4O3/c15-18-17-11-3-1-2-9(6-11)14(19)16-10-4-5-12-13(7-10)21-8-20-12/h1-7H,8H2,(H,16,19). The Kier molecular flexibility index (Phi) is 3.32. The van der Waals surface area contributed by atoms with Crippen molar-refractivity contribution >= 4 is 17.3 Å². The van der Waals surface area contributed by atoms with E-state index in [0.29, 0.717) is 28.4 Å². The summed E-state index contributed by atoms with van der Waals surface area (Å²) in [4.78, 5) is 14.8. The lowest BCUT2D eigenvalue weighted by molar-refractivity contribution is 0.102. The van der Waals surface area contributed by atoms with Gasteiger partial charge in [0.2, 0.25) is 6.79 Å². The maximum Gasteiger partial charge on any atom is 0.255 e. The molecule has 3 rings (SSSR count). The SMILES string of the molecule is [N-]=[N+]=Nc1cccc(C(=O)Nc2ccc3c(c2)OCO3)c1. The molecule has 7 nitrogen and oxygen atoms in total. The molecule has 7 heteroatoms. The molecule has 0 aliphatic carbocycles. The smallest absolute Gasteiger partial charge is 0.255 e. The van der Waals surface area contributed by atoms with Crippen LogP contribution in [0.1, 0.15) is 10.4 Å². The zero-order valence-corrected chi connectivity index (χ0v) is 10.8. The Hall–Kier alpha value is -3.18. The molecule has 1 N–H and O–H groups in total. The third-order valence-corrected chi connectivity index (χ3v) is 2.90. The summed E-state index contributed by atoms with van der Waals surface area (Å²) in [6, 6.07) is 11.6. The quantitative estimate of drug-likeness (QED) is 0.529. The molecule has 2 aromatic rings. The molecule has 21 heavy (non-hydrogen) atoms. The van der Waals surface area contributed by atoms with E-state index >= 15 is 0 Å². The van der Waals surface area contributed by atoms with Crippen molar-refractivity contribution in [3.63, 3.8) is 0 Å². The van der Waals surface area contributed by atoms with Crippen LogP contribution in [0.2, 0.25) is 0 Å². The fraction of sp³-hybridized carbons (Fsp3) is 0.0714. The number of azide groups is 1. The fourth-order valence-electron chi connectivity index (χ4n) is 1.94. The number of hydrogen-bond donors (Lipinski definition) is 1. The minimum absolute atomic E-state index is 0.181. The maximum absolute atomic E-state index is 12.2. The van der Waals surface area contributed by atoms with Crippen LogP contribution in [0.5, 0.6) is 11.5 Å². The largest absolute Gasteiger partial charge is 0.454 e. The lowest BCUT2D eigenvalue weighted by Gasteiger charge is -2.06. The van der Waals surface area contributed by atoms with E-state index < -0.39 is 0 Å². The highest BCUT2D eigenvalue weighted by atomic mass is 16.7. The predicted molar refractivity (Wildman–Crippen MR) is 75.8 cm³/mol. The van der Waals surface area contributed by atoms with Crippen LogP contribution in [0.3, 0.4) is 0 Å². The topological polar surface area (TPSA) is 96.3 Å². The highest BCUT2D eigenvalue weighted by molar-refractivity contribution is 6.04. The number of ether oxygens (including phenoxy) is 2. The summed E-state index contributed by atoms with van der Waals surface area (Å²) in [6.45, 7) is 0.181. The van der Waals surface area contributed by atoms with Gasteiger partial charge in [0.25, 0.3) is 5.91 Å². The molecule has 0 saturated heterocycles. The van der Waals surface area contributed by atoms with Crippen LogP contribution in [0, 0.1) is 0 Å². The van der Waals surface area contributed by atoms with E-state index in [2.05, 4.69) is 15.3 Å². The molecular formula is C14H10N4O3. The van der Waals surface area contributed by atoms with Gasteiger partial charge in [-0.3, -0.25) is 4.79 Å². The molecule has 2 aromatic carbocycles. The Labute approximate surface area is 119 Å². The number of nitrogens with zero attached hydrogens (tertiary/aromatic N) is 3. The summed E-state index contributed by atoms with van der Waals surface area (Å²) < 4.78 is 10.5. The molecule has 0 aromatic heterocycles. The highest BCUT2D eigenvalue weighted by Gasteiger charge is 2.14. The van der Waals surface area contributed by atoms with Crippen molar-refractivity contribution < 1.29 is 14.3 Å². The van der Waals surface area contributed by atoms with Crippen LogP contribution in [0.25, 0.3) is 10.4 Å². The number of carbonyl (C=O) groups is 1. The van der Waals surface area contributed by atoms with E-state index in [1.165, 1.54) is 6.07 Å². The minimum Gasteiger partial charge on any atom is -0.454 e. The van der Waals surface area contributed by atoms with Gasteiger partial charge in [0.05, 0.1) is 0 Å². The zero-order valence-electron chi connectivity index (χ0n) is 10.8. The Morgan fingerprint density at radius 3 is 2.90 bits per heavy atom. The zero-order chi connectivity index (χ0) is 14.7. The van der Waals surface area contributed by atoms with E-state index in [9.17, 15) is 4.79 Å². The van der Waals surface area contributed by atoms with Gasteiger partial charge in [-0.15, -0.1) is 0 Å². The van der Waals surface area contributed by atoms with Crippen molar-refractivity contribution in [1.29, 1.82) is 0 Å². The summed E-state index contributed by atoms with van der Waals surface area (Å²) >= 11 is 0. The normalized spacial score (nSPS) is 11.6. The number of hydrogen-bond acceptors (Lipinski definition) is 4. The van der Waals surface area contributed by atoms with Crippen LogP contribution >= 0.6 is 0 Å². The molecule has 0 unspecified atom stereocenters. The van der Waals surface area contributed by atoms with Crippen molar-refractivity contribution in [1.82, 2.24) is 0 Å². The summed E-state index contributed by atoms with van der Waals surface area (Å²) in [7, 11) is 0. The van der Waals surface area contributed by atoms with E-state index in [1.54, 1.807) is 36.4 Å². The average Bonchev–Trinajstić information content (AvgIpc) is 2.95. The first-order valence-corrected chi connectivity index (χ1v) is 6.12. The molecule has 1 heterocycles. The number of rotatable bonds is 3. The van der Waals surface area contributed by atoms with Gasteiger partial charge in [-0.1, -0.05) is 17.2 Å². The van der Waals surface area contributed by atoms with Gasteiger partial charge in [-0.2, -0.15) is 0 Å². The number of anilines is 1. The number of carbonyl (C=O) groups excluding carboxylic acids is 1. The van der Waals surface area contributed by atoms with E-state index in [4.69, 9.17) is 15.0 Å². The van der Waals surface area contributed by atoms with Gasteiger partial charge in [0.15, 0.2) is 11.5 Å². The Morgan fingerprint density at radius 1 is 1.19 bits per heavy atom. The Bertz CT molecular complexity index is 754. The first kappa shape index (κ1) is 12.8. The van der Waals surface area contributed by atoms with Gasteiger partial charge in [0, 0.05) is 27.9 Å². The second-order valence-corrected chi connectivity index (χ2v) is 4.26. The molecule has 0 radical (unpaired) electrons. The summed E-state index contributed by atoms with van der Waals surface area (Å²) in [5.74, 6) is 0.942. The summed E-state index contributed by atoms with van der Waals surface area (Å²) in [6.07, 6.45) is 0. The molecule has 0 atom stereocenters. The number of nitrogens with one attached hydrogen (secondary N) is 1.